The van der Waals surface area contributed by atoms with E-state index in [0.29, 0.717) is 30.0 Å². The summed E-state index contributed by atoms with van der Waals surface area (Å²) in [5.41, 5.74) is -0.158. The zero-order valence-electron chi connectivity index (χ0n) is 19.6. The van der Waals surface area contributed by atoms with E-state index in [1.807, 2.05) is 0 Å². The minimum atomic E-state index is -4.80. The van der Waals surface area contributed by atoms with Crippen LogP contribution < -0.4 is 4.72 Å². The molecule has 0 aromatic heterocycles. The molecule has 1 aliphatic carbocycles. The van der Waals surface area contributed by atoms with Crippen LogP contribution >= 0.6 is 0 Å². The van der Waals surface area contributed by atoms with E-state index in [2.05, 4.69) is 4.72 Å². The van der Waals surface area contributed by atoms with Crippen LogP contribution in [0.3, 0.4) is 0 Å². The van der Waals surface area contributed by atoms with Gasteiger partial charge in [0.25, 0.3) is 0 Å². The van der Waals surface area contributed by atoms with Gasteiger partial charge in [0.05, 0.1) is 26.7 Å². The first-order valence-corrected chi connectivity index (χ1v) is 14.5. The number of aromatic carboxylic acids is 1. The predicted octanol–water partition coefficient (Wildman–Crippen LogP) is 4.86. The average Bonchev–Trinajstić information content (AvgIpc) is 3.25. The molecule has 0 bridgehead atoms. The standard InChI is InChI=1S/C26H22F3NO6S2/c27-26(28,29)23-12-10-21(38(35,36)20-6-2-1-3-7-20)16-18(23)5-4-14-37(33,34)30-24-13-9-17-15-19(25(31)32)8-11-22(17)24/h1-8,10-12,15-16,24,30H,9,13-14H2,(H,31,32). The molecule has 0 aliphatic heterocycles. The highest BCUT2D eigenvalue weighted by Gasteiger charge is 2.34. The molecule has 0 radical (unpaired) electrons. The molecule has 0 amide bonds. The molecule has 200 valence electrons. The molecule has 2 N–H and O–H groups in total. The van der Waals surface area contributed by atoms with Crippen molar-refractivity contribution < 1.29 is 39.9 Å². The Morgan fingerprint density at radius 1 is 0.974 bits per heavy atom. The van der Waals surface area contributed by atoms with E-state index in [1.165, 1.54) is 36.4 Å². The molecule has 1 aliphatic rings. The molecular formula is C26H22F3NO6S2. The Balaban J connectivity index is 1.56. The van der Waals surface area contributed by atoms with E-state index in [-0.39, 0.29) is 15.4 Å². The summed E-state index contributed by atoms with van der Waals surface area (Å²) in [7, 11) is -8.09. The Bertz CT molecular complexity index is 1620. The van der Waals surface area contributed by atoms with E-state index in [9.17, 15) is 34.8 Å². The summed E-state index contributed by atoms with van der Waals surface area (Å²) in [6, 6.07) is 13.4. The van der Waals surface area contributed by atoms with Crippen molar-refractivity contribution in [2.75, 3.05) is 5.75 Å². The van der Waals surface area contributed by atoms with Crippen molar-refractivity contribution in [1.29, 1.82) is 0 Å². The maximum absolute atomic E-state index is 13.6. The SMILES string of the molecule is O=C(O)c1ccc2c(c1)CCC2NS(=O)(=O)CC=Cc1cc(S(=O)(=O)c2ccccc2)ccc1C(F)(F)F. The number of rotatable bonds is 8. The van der Waals surface area contributed by atoms with E-state index in [1.54, 1.807) is 12.1 Å². The van der Waals surface area contributed by atoms with Gasteiger partial charge >= 0.3 is 12.1 Å². The van der Waals surface area contributed by atoms with Crippen LogP contribution in [0.2, 0.25) is 0 Å². The lowest BCUT2D eigenvalue weighted by Gasteiger charge is -2.14. The smallest absolute Gasteiger partial charge is 0.416 e. The van der Waals surface area contributed by atoms with Crippen molar-refractivity contribution >= 4 is 31.9 Å². The van der Waals surface area contributed by atoms with Crippen LogP contribution in [0.1, 0.15) is 45.1 Å². The second-order valence-corrected chi connectivity index (χ2v) is 12.4. The van der Waals surface area contributed by atoms with Gasteiger partial charge in [-0.05, 0) is 72.0 Å². The molecule has 7 nitrogen and oxygen atoms in total. The first-order valence-electron chi connectivity index (χ1n) is 11.3. The summed E-state index contributed by atoms with van der Waals surface area (Å²) < 4.78 is 94.4. The average molecular weight is 566 g/mol. The van der Waals surface area contributed by atoms with Crippen molar-refractivity contribution in [2.45, 2.75) is 34.9 Å². The van der Waals surface area contributed by atoms with Gasteiger partial charge in [-0.25, -0.2) is 26.4 Å². The maximum atomic E-state index is 13.6. The Morgan fingerprint density at radius 2 is 1.68 bits per heavy atom. The van der Waals surface area contributed by atoms with Crippen LogP contribution in [0.4, 0.5) is 13.2 Å². The van der Waals surface area contributed by atoms with E-state index in [0.717, 1.165) is 24.3 Å². The number of benzene rings is 3. The van der Waals surface area contributed by atoms with Crippen molar-refractivity contribution in [3.8, 4) is 0 Å². The van der Waals surface area contributed by atoms with Gasteiger partial charge < -0.3 is 5.11 Å². The minimum Gasteiger partial charge on any atom is -0.478 e. The molecule has 3 aromatic rings. The Labute approximate surface area is 217 Å². The molecule has 0 spiro atoms. The summed E-state index contributed by atoms with van der Waals surface area (Å²) in [5.74, 6) is -1.75. The Morgan fingerprint density at radius 3 is 2.34 bits per heavy atom. The second-order valence-electron chi connectivity index (χ2n) is 8.67. The van der Waals surface area contributed by atoms with Gasteiger partial charge in [-0.15, -0.1) is 0 Å². The summed E-state index contributed by atoms with van der Waals surface area (Å²) in [6.07, 6.45) is -1.97. The molecule has 3 aromatic carbocycles. The molecule has 1 atom stereocenters. The lowest BCUT2D eigenvalue weighted by molar-refractivity contribution is -0.137. The molecule has 0 saturated heterocycles. The fraction of sp³-hybridized carbons (Fsp3) is 0.192. The lowest BCUT2D eigenvalue weighted by Crippen LogP contribution is -2.29. The van der Waals surface area contributed by atoms with Crippen molar-refractivity contribution in [2.24, 2.45) is 0 Å². The molecular weight excluding hydrogens is 543 g/mol. The third-order valence-corrected chi connectivity index (χ3v) is 9.14. The number of hydrogen-bond acceptors (Lipinski definition) is 5. The van der Waals surface area contributed by atoms with Crippen LogP contribution in [0.25, 0.3) is 6.08 Å². The molecule has 0 fully saturated rings. The van der Waals surface area contributed by atoms with E-state index in [4.69, 9.17) is 5.11 Å². The van der Waals surface area contributed by atoms with Crippen LogP contribution in [0.15, 0.2) is 82.6 Å². The van der Waals surface area contributed by atoms with Crippen LogP contribution in [0.5, 0.6) is 0 Å². The number of alkyl halides is 3. The van der Waals surface area contributed by atoms with Crippen molar-refractivity contribution in [3.63, 3.8) is 0 Å². The number of carboxylic acids is 1. The highest BCUT2D eigenvalue weighted by Crippen LogP contribution is 2.35. The third kappa shape index (κ3) is 5.98. The topological polar surface area (TPSA) is 118 Å². The number of fused-ring (bicyclic) bond motifs is 1. The molecule has 1 unspecified atom stereocenters. The van der Waals surface area contributed by atoms with Gasteiger partial charge in [-0.2, -0.15) is 13.2 Å². The first kappa shape index (κ1) is 27.6. The summed E-state index contributed by atoms with van der Waals surface area (Å²) in [6.45, 7) is 0. The maximum Gasteiger partial charge on any atom is 0.416 e. The normalized spacial score (nSPS) is 16.0. The highest BCUT2D eigenvalue weighted by atomic mass is 32.2. The van der Waals surface area contributed by atoms with E-state index < -0.39 is 54.9 Å². The van der Waals surface area contributed by atoms with Crippen LogP contribution in [0, 0.1) is 0 Å². The van der Waals surface area contributed by atoms with Gasteiger partial charge in [-0.1, -0.05) is 36.4 Å². The quantitative estimate of drug-likeness (QED) is 0.403. The van der Waals surface area contributed by atoms with Gasteiger partial charge in [-0.3, -0.25) is 0 Å². The molecule has 0 heterocycles. The van der Waals surface area contributed by atoms with Crippen LogP contribution in [-0.4, -0.2) is 33.7 Å². The number of carboxylic acid groups (broad SMARTS) is 1. The number of nitrogens with one attached hydrogen (secondary N) is 1. The Hall–Kier alpha value is -3.48. The lowest BCUT2D eigenvalue weighted by atomic mass is 10.1. The van der Waals surface area contributed by atoms with E-state index >= 15 is 0 Å². The molecule has 0 saturated carbocycles. The highest BCUT2D eigenvalue weighted by molar-refractivity contribution is 7.91. The first-order chi connectivity index (χ1) is 17.8. The zero-order chi connectivity index (χ0) is 27.7. The number of aryl methyl sites for hydroxylation is 1. The second kappa shape index (κ2) is 10.4. The monoisotopic (exact) mass is 565 g/mol. The predicted molar refractivity (Wildman–Crippen MR) is 134 cm³/mol. The zero-order valence-corrected chi connectivity index (χ0v) is 21.3. The number of hydrogen-bond donors (Lipinski definition) is 2. The fourth-order valence-electron chi connectivity index (χ4n) is 4.28. The molecule has 4 rings (SSSR count). The number of sulfone groups is 1. The van der Waals surface area contributed by atoms with Crippen molar-refractivity contribution in [1.82, 2.24) is 4.72 Å². The number of carbonyl (C=O) groups is 1. The largest absolute Gasteiger partial charge is 0.478 e. The summed E-state index contributed by atoms with van der Waals surface area (Å²) >= 11 is 0. The fourth-order valence-corrected chi connectivity index (χ4v) is 6.72. The van der Waals surface area contributed by atoms with Gasteiger partial charge in [0.15, 0.2) is 0 Å². The van der Waals surface area contributed by atoms with Gasteiger partial charge in [0.1, 0.15) is 0 Å². The molecule has 12 heteroatoms. The van der Waals surface area contributed by atoms with Gasteiger partial charge in [0.2, 0.25) is 19.9 Å². The van der Waals surface area contributed by atoms with Crippen LogP contribution in [-0.2, 0) is 32.5 Å². The van der Waals surface area contributed by atoms with Gasteiger partial charge in [0, 0.05) is 6.04 Å². The van der Waals surface area contributed by atoms with Crippen molar-refractivity contribution in [3.05, 3.63) is 101 Å². The Kier molecular flexibility index (Phi) is 7.51. The number of sulfonamides is 1. The summed E-state index contributed by atoms with van der Waals surface area (Å²) in [4.78, 5) is 10.7. The molecule has 38 heavy (non-hydrogen) atoms. The summed E-state index contributed by atoms with van der Waals surface area (Å²) in [5, 5.41) is 9.13. The number of halogens is 3. The minimum absolute atomic E-state index is 0.0891. The third-order valence-electron chi connectivity index (χ3n) is 6.09.